The molecule has 1 aromatic rings. The molecule has 1 atom stereocenters. The zero-order valence-corrected chi connectivity index (χ0v) is 16.0. The lowest BCUT2D eigenvalue weighted by Gasteiger charge is -2.37. The fourth-order valence-corrected chi connectivity index (χ4v) is 3.20. The van der Waals surface area contributed by atoms with Crippen molar-refractivity contribution in [2.75, 3.05) is 6.54 Å². The standard InChI is InChI=1S/C19H32BrN/c1-6-8-12-19(7-2,15-21-18(3,4)5)14-16-10-9-11-17(20)13-16/h9-11,13,21H,6-8,12,14-15H2,1-5H3. The van der Waals surface area contributed by atoms with Crippen molar-refractivity contribution in [1.82, 2.24) is 5.32 Å². The minimum atomic E-state index is 0.184. The van der Waals surface area contributed by atoms with Crippen LogP contribution < -0.4 is 5.32 Å². The maximum absolute atomic E-state index is 3.75. The molecule has 1 rings (SSSR count). The molecule has 0 saturated heterocycles. The van der Waals surface area contributed by atoms with E-state index in [-0.39, 0.29) is 5.54 Å². The highest BCUT2D eigenvalue weighted by Crippen LogP contribution is 2.33. The normalized spacial score (nSPS) is 15.0. The van der Waals surface area contributed by atoms with Gasteiger partial charge in [-0.3, -0.25) is 0 Å². The van der Waals surface area contributed by atoms with Crippen LogP contribution in [0.3, 0.4) is 0 Å². The van der Waals surface area contributed by atoms with Crippen molar-refractivity contribution in [3.05, 3.63) is 34.3 Å². The number of nitrogens with one attached hydrogen (secondary N) is 1. The van der Waals surface area contributed by atoms with Crippen molar-refractivity contribution in [3.8, 4) is 0 Å². The summed E-state index contributed by atoms with van der Waals surface area (Å²) in [6, 6.07) is 8.79. The molecule has 0 radical (unpaired) electrons. The summed E-state index contributed by atoms with van der Waals surface area (Å²) in [5, 5.41) is 3.75. The molecule has 0 bridgehead atoms. The Hall–Kier alpha value is -0.340. The number of benzene rings is 1. The number of halogens is 1. The highest BCUT2D eigenvalue weighted by molar-refractivity contribution is 9.10. The Bertz CT molecular complexity index is 422. The predicted octanol–water partition coefficient (Wildman–Crippen LogP) is 5.97. The Balaban J connectivity index is 2.88. The lowest BCUT2D eigenvalue weighted by Crippen LogP contribution is -2.44. The quantitative estimate of drug-likeness (QED) is 0.607. The van der Waals surface area contributed by atoms with Crippen LogP contribution in [-0.2, 0) is 6.42 Å². The fourth-order valence-electron chi connectivity index (χ4n) is 2.75. The molecule has 0 spiro atoms. The summed E-state index contributed by atoms with van der Waals surface area (Å²) in [6.07, 6.45) is 6.27. The smallest absolute Gasteiger partial charge is 0.0177 e. The molecule has 1 aromatic carbocycles. The summed E-state index contributed by atoms with van der Waals surface area (Å²) in [6.45, 7) is 12.5. The first kappa shape index (κ1) is 18.7. The summed E-state index contributed by atoms with van der Waals surface area (Å²) < 4.78 is 1.18. The van der Waals surface area contributed by atoms with E-state index in [4.69, 9.17) is 0 Å². The van der Waals surface area contributed by atoms with Gasteiger partial charge in [0.15, 0.2) is 0 Å². The number of hydrogen-bond donors (Lipinski definition) is 1. The van der Waals surface area contributed by atoms with Gasteiger partial charge in [-0.15, -0.1) is 0 Å². The maximum atomic E-state index is 3.75. The van der Waals surface area contributed by atoms with E-state index in [1.165, 1.54) is 35.7 Å². The van der Waals surface area contributed by atoms with Gasteiger partial charge in [0.1, 0.15) is 0 Å². The largest absolute Gasteiger partial charge is 0.312 e. The third-order valence-corrected chi connectivity index (χ3v) is 4.77. The van der Waals surface area contributed by atoms with Crippen LogP contribution in [-0.4, -0.2) is 12.1 Å². The van der Waals surface area contributed by atoms with Crippen LogP contribution in [0.25, 0.3) is 0 Å². The Kier molecular flexibility index (Phi) is 7.42. The summed E-state index contributed by atoms with van der Waals surface area (Å²) in [4.78, 5) is 0. The zero-order chi connectivity index (χ0) is 15.9. The molecular formula is C19H32BrN. The summed E-state index contributed by atoms with van der Waals surface area (Å²) >= 11 is 3.60. The maximum Gasteiger partial charge on any atom is 0.0177 e. The Morgan fingerprint density at radius 3 is 2.38 bits per heavy atom. The van der Waals surface area contributed by atoms with Crippen molar-refractivity contribution in [3.63, 3.8) is 0 Å². The second-order valence-electron chi connectivity index (χ2n) is 7.37. The van der Waals surface area contributed by atoms with E-state index in [1.54, 1.807) is 0 Å². The lowest BCUT2D eigenvalue weighted by atomic mass is 9.74. The monoisotopic (exact) mass is 353 g/mol. The van der Waals surface area contributed by atoms with Gasteiger partial charge in [-0.2, -0.15) is 0 Å². The minimum Gasteiger partial charge on any atom is -0.312 e. The van der Waals surface area contributed by atoms with Gasteiger partial charge in [0.05, 0.1) is 0 Å². The molecule has 0 aromatic heterocycles. The molecule has 0 aliphatic heterocycles. The molecule has 1 unspecified atom stereocenters. The third kappa shape index (κ3) is 6.97. The van der Waals surface area contributed by atoms with Gasteiger partial charge >= 0.3 is 0 Å². The van der Waals surface area contributed by atoms with Crippen LogP contribution >= 0.6 is 15.9 Å². The highest BCUT2D eigenvalue weighted by Gasteiger charge is 2.29. The van der Waals surface area contributed by atoms with Crippen LogP contribution in [0.5, 0.6) is 0 Å². The average Bonchev–Trinajstić information content (AvgIpc) is 2.41. The molecule has 21 heavy (non-hydrogen) atoms. The Morgan fingerprint density at radius 2 is 1.86 bits per heavy atom. The molecular weight excluding hydrogens is 322 g/mol. The van der Waals surface area contributed by atoms with Gasteiger partial charge in [0.2, 0.25) is 0 Å². The van der Waals surface area contributed by atoms with Gasteiger partial charge in [0, 0.05) is 16.6 Å². The average molecular weight is 354 g/mol. The van der Waals surface area contributed by atoms with E-state index in [2.05, 4.69) is 80.1 Å². The first-order valence-corrected chi connectivity index (χ1v) is 9.09. The topological polar surface area (TPSA) is 12.0 Å². The molecule has 1 nitrogen and oxygen atoms in total. The van der Waals surface area contributed by atoms with E-state index in [0.717, 1.165) is 13.0 Å². The second-order valence-corrected chi connectivity index (χ2v) is 8.28. The summed E-state index contributed by atoms with van der Waals surface area (Å²) in [7, 11) is 0. The van der Waals surface area contributed by atoms with Gasteiger partial charge in [-0.05, 0) is 63.1 Å². The molecule has 0 fully saturated rings. The molecule has 0 heterocycles. The Morgan fingerprint density at radius 1 is 1.14 bits per heavy atom. The van der Waals surface area contributed by atoms with E-state index in [9.17, 15) is 0 Å². The first-order valence-electron chi connectivity index (χ1n) is 8.30. The van der Waals surface area contributed by atoms with Crippen LogP contribution in [0.15, 0.2) is 28.7 Å². The van der Waals surface area contributed by atoms with Crippen molar-refractivity contribution >= 4 is 15.9 Å². The minimum absolute atomic E-state index is 0.184. The van der Waals surface area contributed by atoms with Crippen molar-refractivity contribution < 1.29 is 0 Å². The Labute approximate surface area is 140 Å². The highest BCUT2D eigenvalue weighted by atomic mass is 79.9. The molecule has 0 saturated carbocycles. The van der Waals surface area contributed by atoms with Crippen molar-refractivity contribution in [1.29, 1.82) is 0 Å². The molecule has 120 valence electrons. The molecule has 0 aliphatic rings. The predicted molar refractivity (Wildman–Crippen MR) is 97.9 cm³/mol. The number of hydrogen-bond acceptors (Lipinski definition) is 1. The zero-order valence-electron chi connectivity index (χ0n) is 14.4. The molecule has 0 aliphatic carbocycles. The lowest BCUT2D eigenvalue weighted by molar-refractivity contribution is 0.206. The second kappa shape index (κ2) is 8.33. The van der Waals surface area contributed by atoms with E-state index in [0.29, 0.717) is 5.41 Å². The van der Waals surface area contributed by atoms with Crippen LogP contribution in [0.2, 0.25) is 0 Å². The molecule has 0 amide bonds. The summed E-state index contributed by atoms with van der Waals surface area (Å²) in [5.41, 5.74) is 1.99. The van der Waals surface area contributed by atoms with Crippen molar-refractivity contribution in [2.24, 2.45) is 5.41 Å². The van der Waals surface area contributed by atoms with Gasteiger partial charge in [-0.1, -0.05) is 54.8 Å². The van der Waals surface area contributed by atoms with E-state index >= 15 is 0 Å². The van der Waals surface area contributed by atoms with Crippen molar-refractivity contribution in [2.45, 2.75) is 72.3 Å². The van der Waals surface area contributed by atoms with Crippen LogP contribution in [0.1, 0.15) is 65.9 Å². The number of unbranched alkanes of at least 4 members (excludes halogenated alkanes) is 1. The third-order valence-electron chi connectivity index (χ3n) is 4.27. The van der Waals surface area contributed by atoms with Gasteiger partial charge < -0.3 is 5.32 Å². The van der Waals surface area contributed by atoms with Gasteiger partial charge in [0.25, 0.3) is 0 Å². The molecule has 1 N–H and O–H groups in total. The van der Waals surface area contributed by atoms with E-state index < -0.39 is 0 Å². The first-order chi connectivity index (χ1) is 9.80. The summed E-state index contributed by atoms with van der Waals surface area (Å²) in [5.74, 6) is 0. The van der Waals surface area contributed by atoms with Gasteiger partial charge in [-0.25, -0.2) is 0 Å². The number of rotatable bonds is 8. The van der Waals surface area contributed by atoms with Crippen LogP contribution in [0, 0.1) is 5.41 Å². The SMILES string of the molecule is CCCCC(CC)(CNC(C)(C)C)Cc1cccc(Br)c1. The van der Waals surface area contributed by atoms with Crippen LogP contribution in [0.4, 0.5) is 0 Å². The van der Waals surface area contributed by atoms with E-state index in [1.807, 2.05) is 0 Å². The molecule has 2 heteroatoms. The fraction of sp³-hybridized carbons (Fsp3) is 0.684.